The van der Waals surface area contributed by atoms with E-state index < -0.39 is 5.97 Å². The number of carboxylic acids is 1. The molecule has 4 heteroatoms. The van der Waals surface area contributed by atoms with Crippen molar-refractivity contribution in [3.63, 3.8) is 0 Å². The lowest BCUT2D eigenvalue weighted by Gasteiger charge is -2.25. The van der Waals surface area contributed by atoms with Crippen LogP contribution in [0.3, 0.4) is 0 Å². The number of benzene rings is 1. The summed E-state index contributed by atoms with van der Waals surface area (Å²) in [5.41, 5.74) is 1.88. The molecule has 0 aromatic heterocycles. The summed E-state index contributed by atoms with van der Waals surface area (Å²) in [6, 6.07) is 7.27. The second-order valence-corrected chi connectivity index (χ2v) is 5.22. The fourth-order valence-electron chi connectivity index (χ4n) is 2.27. The Balaban J connectivity index is 1.93. The van der Waals surface area contributed by atoms with E-state index in [4.69, 9.17) is 5.11 Å². The summed E-state index contributed by atoms with van der Waals surface area (Å²) in [5.74, 6) is -0.468. The molecular formula is C15H19NO3. The number of carboxylic acid groups (broad SMARTS) is 1. The lowest BCUT2D eigenvalue weighted by molar-refractivity contribution is -0.137. The second kappa shape index (κ2) is 5.87. The molecule has 0 radical (unpaired) electrons. The Labute approximate surface area is 112 Å². The summed E-state index contributed by atoms with van der Waals surface area (Å²) in [7, 11) is 0. The van der Waals surface area contributed by atoms with Crippen molar-refractivity contribution in [3.05, 3.63) is 35.4 Å². The Morgan fingerprint density at radius 3 is 2.42 bits per heavy atom. The molecule has 1 amide bonds. The van der Waals surface area contributed by atoms with Crippen LogP contribution >= 0.6 is 0 Å². The molecule has 2 rings (SSSR count). The highest BCUT2D eigenvalue weighted by molar-refractivity contribution is 5.94. The average Bonchev–Trinajstić information content (AvgIpc) is 2.26. The maximum atomic E-state index is 11.9. The van der Waals surface area contributed by atoms with Crippen LogP contribution in [0.4, 0.5) is 0 Å². The van der Waals surface area contributed by atoms with Crippen molar-refractivity contribution < 1.29 is 14.7 Å². The van der Waals surface area contributed by atoms with Gasteiger partial charge in [-0.15, -0.1) is 0 Å². The Bertz CT molecular complexity index is 463. The van der Waals surface area contributed by atoms with Crippen molar-refractivity contribution in [1.82, 2.24) is 5.32 Å². The molecule has 1 fully saturated rings. The highest BCUT2D eigenvalue weighted by Crippen LogP contribution is 2.36. The molecule has 0 aliphatic heterocycles. The normalized spacial score (nSPS) is 16.5. The van der Waals surface area contributed by atoms with Crippen LogP contribution in [0, 0.1) is 0 Å². The lowest BCUT2D eigenvalue weighted by Crippen LogP contribution is -2.34. The molecule has 19 heavy (non-hydrogen) atoms. The van der Waals surface area contributed by atoms with Gasteiger partial charge in [0.15, 0.2) is 0 Å². The van der Waals surface area contributed by atoms with E-state index in [1.54, 1.807) is 6.92 Å². The molecule has 1 unspecified atom stereocenters. The third kappa shape index (κ3) is 3.56. The lowest BCUT2D eigenvalue weighted by atomic mass is 9.80. The number of rotatable bonds is 5. The maximum absolute atomic E-state index is 11.9. The molecule has 1 aromatic carbocycles. The fraction of sp³-hybridized carbons (Fsp3) is 0.467. The standard InChI is InChI=1S/C15H19NO3/c1-10(9-14(17)18)16-15(19)13-7-5-12(6-8-13)11-3-2-4-11/h5-8,10-11H,2-4,9H2,1H3,(H,16,19)(H,17,18). The van der Waals surface area contributed by atoms with Gasteiger partial charge in [0.05, 0.1) is 6.42 Å². The molecule has 4 nitrogen and oxygen atoms in total. The zero-order valence-electron chi connectivity index (χ0n) is 11.1. The number of carbonyl (C=O) groups is 2. The zero-order chi connectivity index (χ0) is 13.8. The number of carbonyl (C=O) groups excluding carboxylic acids is 1. The van der Waals surface area contributed by atoms with Crippen molar-refractivity contribution in [2.45, 2.75) is 44.6 Å². The van der Waals surface area contributed by atoms with Crippen LogP contribution in [0.15, 0.2) is 24.3 Å². The van der Waals surface area contributed by atoms with E-state index in [0.29, 0.717) is 11.5 Å². The first-order valence-corrected chi connectivity index (χ1v) is 6.69. The van der Waals surface area contributed by atoms with Gasteiger partial charge in [-0.25, -0.2) is 0 Å². The smallest absolute Gasteiger partial charge is 0.305 e. The molecule has 0 saturated heterocycles. The largest absolute Gasteiger partial charge is 0.481 e. The summed E-state index contributed by atoms with van der Waals surface area (Å²) in [6.07, 6.45) is 3.70. The third-order valence-corrected chi connectivity index (χ3v) is 3.61. The van der Waals surface area contributed by atoms with E-state index in [1.807, 2.05) is 24.3 Å². The minimum absolute atomic E-state index is 0.0636. The predicted octanol–water partition coefficient (Wildman–Crippen LogP) is 2.55. The highest BCUT2D eigenvalue weighted by Gasteiger charge is 2.19. The van der Waals surface area contributed by atoms with Crippen LogP contribution in [-0.4, -0.2) is 23.0 Å². The molecule has 0 spiro atoms. The minimum Gasteiger partial charge on any atom is -0.481 e. The van der Waals surface area contributed by atoms with Gasteiger partial charge in [0.1, 0.15) is 0 Å². The number of hydrogen-bond acceptors (Lipinski definition) is 2. The molecule has 1 aromatic rings. The molecule has 0 heterocycles. The second-order valence-electron chi connectivity index (χ2n) is 5.22. The maximum Gasteiger partial charge on any atom is 0.305 e. The van der Waals surface area contributed by atoms with Crippen LogP contribution in [0.25, 0.3) is 0 Å². The van der Waals surface area contributed by atoms with E-state index in [-0.39, 0.29) is 18.4 Å². The number of amides is 1. The van der Waals surface area contributed by atoms with Gasteiger partial charge in [0.25, 0.3) is 5.91 Å². The summed E-state index contributed by atoms with van der Waals surface area (Å²) >= 11 is 0. The van der Waals surface area contributed by atoms with Gasteiger partial charge in [0, 0.05) is 11.6 Å². The van der Waals surface area contributed by atoms with Gasteiger partial charge in [-0.05, 0) is 43.4 Å². The van der Waals surface area contributed by atoms with Gasteiger partial charge in [0.2, 0.25) is 0 Å². The van der Waals surface area contributed by atoms with E-state index in [0.717, 1.165) is 0 Å². The third-order valence-electron chi connectivity index (χ3n) is 3.61. The Morgan fingerprint density at radius 2 is 1.95 bits per heavy atom. The quantitative estimate of drug-likeness (QED) is 0.856. The summed E-state index contributed by atoms with van der Waals surface area (Å²) in [5, 5.41) is 11.3. The number of nitrogens with one attached hydrogen (secondary N) is 1. The molecule has 1 aliphatic rings. The summed E-state index contributed by atoms with van der Waals surface area (Å²) < 4.78 is 0. The average molecular weight is 261 g/mol. The predicted molar refractivity (Wildman–Crippen MR) is 72.2 cm³/mol. The number of aliphatic carboxylic acids is 1. The van der Waals surface area contributed by atoms with Gasteiger partial charge in [-0.1, -0.05) is 18.6 Å². The van der Waals surface area contributed by atoms with E-state index in [2.05, 4.69) is 5.32 Å². The first kappa shape index (κ1) is 13.6. The van der Waals surface area contributed by atoms with Crippen molar-refractivity contribution in [2.75, 3.05) is 0 Å². The number of hydrogen-bond donors (Lipinski definition) is 2. The zero-order valence-corrected chi connectivity index (χ0v) is 11.1. The van der Waals surface area contributed by atoms with E-state index in [9.17, 15) is 9.59 Å². The first-order valence-electron chi connectivity index (χ1n) is 6.69. The summed E-state index contributed by atoms with van der Waals surface area (Å²) in [6.45, 7) is 1.69. The summed E-state index contributed by atoms with van der Waals surface area (Å²) in [4.78, 5) is 22.4. The molecule has 2 N–H and O–H groups in total. The van der Waals surface area contributed by atoms with Crippen LogP contribution in [0.1, 0.15) is 54.4 Å². The van der Waals surface area contributed by atoms with Crippen LogP contribution < -0.4 is 5.32 Å². The minimum atomic E-state index is -0.909. The van der Waals surface area contributed by atoms with Crippen molar-refractivity contribution in [2.24, 2.45) is 0 Å². The molecule has 0 bridgehead atoms. The SMILES string of the molecule is CC(CC(=O)O)NC(=O)c1ccc(C2CCC2)cc1. The van der Waals surface area contributed by atoms with Gasteiger partial charge < -0.3 is 10.4 Å². The van der Waals surface area contributed by atoms with Crippen LogP contribution in [0.2, 0.25) is 0 Å². The van der Waals surface area contributed by atoms with Gasteiger partial charge >= 0.3 is 5.97 Å². The van der Waals surface area contributed by atoms with Gasteiger partial charge in [-0.2, -0.15) is 0 Å². The Kier molecular flexibility index (Phi) is 4.20. The topological polar surface area (TPSA) is 66.4 Å². The Hall–Kier alpha value is -1.84. The van der Waals surface area contributed by atoms with Crippen LogP contribution in [0.5, 0.6) is 0 Å². The molecule has 102 valence electrons. The van der Waals surface area contributed by atoms with E-state index >= 15 is 0 Å². The van der Waals surface area contributed by atoms with E-state index in [1.165, 1.54) is 24.8 Å². The van der Waals surface area contributed by atoms with Gasteiger partial charge in [-0.3, -0.25) is 9.59 Å². The molecular weight excluding hydrogens is 242 g/mol. The molecule has 1 atom stereocenters. The van der Waals surface area contributed by atoms with Crippen molar-refractivity contribution >= 4 is 11.9 Å². The fourth-order valence-corrected chi connectivity index (χ4v) is 2.27. The monoisotopic (exact) mass is 261 g/mol. The highest BCUT2D eigenvalue weighted by atomic mass is 16.4. The molecule has 1 aliphatic carbocycles. The Morgan fingerprint density at radius 1 is 1.32 bits per heavy atom. The van der Waals surface area contributed by atoms with Crippen molar-refractivity contribution in [3.8, 4) is 0 Å². The van der Waals surface area contributed by atoms with Crippen molar-refractivity contribution in [1.29, 1.82) is 0 Å². The van der Waals surface area contributed by atoms with Crippen LogP contribution in [-0.2, 0) is 4.79 Å². The molecule has 1 saturated carbocycles. The first-order chi connectivity index (χ1) is 9.06.